The summed E-state index contributed by atoms with van der Waals surface area (Å²) in [5.74, 6) is 0.858. The Bertz CT molecular complexity index is 257. The predicted octanol–water partition coefficient (Wildman–Crippen LogP) is 7.61. The molecule has 0 saturated heterocycles. The van der Waals surface area contributed by atoms with Gasteiger partial charge in [0.25, 0.3) is 0 Å². The first-order valence-electron chi connectivity index (χ1n) is 11.0. The van der Waals surface area contributed by atoms with E-state index in [-0.39, 0.29) is 0 Å². The van der Waals surface area contributed by atoms with Gasteiger partial charge in [-0.3, -0.25) is 0 Å². The van der Waals surface area contributed by atoms with E-state index in [1.165, 1.54) is 103 Å². The maximum Gasteiger partial charge on any atom is 0.0000920 e. The van der Waals surface area contributed by atoms with Crippen molar-refractivity contribution < 1.29 is 0 Å². The lowest BCUT2D eigenvalue weighted by atomic mass is 10.0. The van der Waals surface area contributed by atoms with Gasteiger partial charge in [0.2, 0.25) is 0 Å². The third kappa shape index (κ3) is 19.7. The fourth-order valence-corrected chi connectivity index (χ4v) is 3.45. The molecule has 1 nitrogen and oxygen atoms in total. The zero-order valence-corrected chi connectivity index (χ0v) is 17.5. The molecular weight excluding hydrogens is 290 g/mol. The third-order valence-electron chi connectivity index (χ3n) is 4.89. The van der Waals surface area contributed by atoms with E-state index in [9.17, 15) is 0 Å². The van der Waals surface area contributed by atoms with Crippen LogP contribution in [-0.4, -0.2) is 25.5 Å². The summed E-state index contributed by atoms with van der Waals surface area (Å²) in [7, 11) is 4.36. The molecule has 0 aliphatic heterocycles. The second kappa shape index (κ2) is 19.0. The summed E-state index contributed by atoms with van der Waals surface area (Å²) >= 11 is 0. The van der Waals surface area contributed by atoms with E-state index in [1.807, 2.05) is 0 Å². The van der Waals surface area contributed by atoms with Crippen molar-refractivity contribution in [3.05, 3.63) is 12.2 Å². The molecule has 0 saturated carbocycles. The lowest BCUT2D eigenvalue weighted by Crippen LogP contribution is -2.19. The molecule has 0 fully saturated rings. The molecule has 0 N–H and O–H groups in total. The van der Waals surface area contributed by atoms with Crippen LogP contribution in [0.4, 0.5) is 0 Å². The molecule has 0 radical (unpaired) electrons. The maximum atomic E-state index is 2.43. The zero-order chi connectivity index (χ0) is 17.9. The monoisotopic (exact) mass is 337 g/mol. The van der Waals surface area contributed by atoms with Crippen LogP contribution in [0.15, 0.2) is 12.2 Å². The average Bonchev–Trinajstić information content (AvgIpc) is 2.53. The smallest absolute Gasteiger partial charge is 0.0000920 e. The van der Waals surface area contributed by atoms with Crippen molar-refractivity contribution in [1.29, 1.82) is 0 Å². The highest BCUT2D eigenvalue weighted by molar-refractivity contribution is 4.81. The Morgan fingerprint density at radius 2 is 1.12 bits per heavy atom. The Hall–Kier alpha value is -0.300. The summed E-state index contributed by atoms with van der Waals surface area (Å²) in [6.07, 6.45) is 25.9. The SMILES string of the molecule is CCCCCCCC/C=C\CCCCCCCCC(C)CN(C)C. The summed E-state index contributed by atoms with van der Waals surface area (Å²) in [4.78, 5) is 2.31. The zero-order valence-electron chi connectivity index (χ0n) is 17.5. The van der Waals surface area contributed by atoms with Crippen molar-refractivity contribution in [3.8, 4) is 0 Å². The summed E-state index contributed by atoms with van der Waals surface area (Å²) in [5, 5.41) is 0. The average molecular weight is 338 g/mol. The third-order valence-corrected chi connectivity index (χ3v) is 4.89. The molecule has 0 amide bonds. The second-order valence-electron chi connectivity index (χ2n) is 8.09. The molecule has 0 aliphatic carbocycles. The van der Waals surface area contributed by atoms with Crippen LogP contribution in [0.5, 0.6) is 0 Å². The maximum absolute atomic E-state index is 2.43. The highest BCUT2D eigenvalue weighted by atomic mass is 15.1. The van der Waals surface area contributed by atoms with Crippen molar-refractivity contribution in [1.82, 2.24) is 4.90 Å². The van der Waals surface area contributed by atoms with Gasteiger partial charge in [0.15, 0.2) is 0 Å². The van der Waals surface area contributed by atoms with Crippen molar-refractivity contribution in [3.63, 3.8) is 0 Å². The lowest BCUT2D eigenvalue weighted by molar-refractivity contribution is 0.321. The molecule has 0 heterocycles. The van der Waals surface area contributed by atoms with Crippen LogP contribution in [0, 0.1) is 5.92 Å². The van der Waals surface area contributed by atoms with E-state index in [2.05, 4.69) is 45.0 Å². The Morgan fingerprint density at radius 3 is 1.62 bits per heavy atom. The number of unbranched alkanes of at least 4 members (excludes halogenated alkanes) is 12. The van der Waals surface area contributed by atoms with E-state index >= 15 is 0 Å². The van der Waals surface area contributed by atoms with E-state index in [1.54, 1.807) is 0 Å². The standard InChI is InChI=1S/C23H47N/c1-5-6-7-8-9-10-11-12-13-14-15-16-17-18-19-20-21-23(2)22-24(3)4/h12-13,23H,5-11,14-22H2,1-4H3/b13-12-. The minimum atomic E-state index is 0.858. The van der Waals surface area contributed by atoms with Crippen molar-refractivity contribution >= 4 is 0 Å². The largest absolute Gasteiger partial charge is 0.309 e. The van der Waals surface area contributed by atoms with Gasteiger partial charge in [0.05, 0.1) is 0 Å². The van der Waals surface area contributed by atoms with Crippen molar-refractivity contribution in [2.24, 2.45) is 5.92 Å². The fraction of sp³-hybridized carbons (Fsp3) is 0.913. The lowest BCUT2D eigenvalue weighted by Gasteiger charge is -2.16. The van der Waals surface area contributed by atoms with Crippen LogP contribution < -0.4 is 0 Å². The minimum absolute atomic E-state index is 0.858. The van der Waals surface area contributed by atoms with Gasteiger partial charge in [-0.25, -0.2) is 0 Å². The molecular formula is C23H47N. The second-order valence-corrected chi connectivity index (χ2v) is 8.09. The topological polar surface area (TPSA) is 3.24 Å². The Kier molecular flexibility index (Phi) is 18.8. The van der Waals surface area contributed by atoms with Gasteiger partial charge in [-0.05, 0) is 52.1 Å². The van der Waals surface area contributed by atoms with E-state index in [0.29, 0.717) is 0 Å². The van der Waals surface area contributed by atoms with Gasteiger partial charge < -0.3 is 4.90 Å². The molecule has 1 atom stereocenters. The first-order chi connectivity index (χ1) is 11.7. The Morgan fingerprint density at radius 1 is 0.667 bits per heavy atom. The molecule has 0 bridgehead atoms. The first kappa shape index (κ1) is 23.7. The number of hydrogen-bond donors (Lipinski definition) is 0. The number of nitrogens with zero attached hydrogens (tertiary/aromatic N) is 1. The van der Waals surface area contributed by atoms with E-state index in [0.717, 1.165) is 5.92 Å². The van der Waals surface area contributed by atoms with Crippen LogP contribution in [0.2, 0.25) is 0 Å². The fourth-order valence-electron chi connectivity index (χ4n) is 3.45. The van der Waals surface area contributed by atoms with Gasteiger partial charge in [-0.2, -0.15) is 0 Å². The molecule has 1 heteroatoms. The van der Waals surface area contributed by atoms with Crippen LogP contribution in [-0.2, 0) is 0 Å². The molecule has 0 spiro atoms. The highest BCUT2D eigenvalue weighted by Gasteiger charge is 2.02. The van der Waals surface area contributed by atoms with E-state index < -0.39 is 0 Å². The number of hydrogen-bond acceptors (Lipinski definition) is 1. The van der Waals surface area contributed by atoms with Gasteiger partial charge >= 0.3 is 0 Å². The van der Waals surface area contributed by atoms with Crippen molar-refractivity contribution in [2.45, 2.75) is 110 Å². The van der Waals surface area contributed by atoms with Gasteiger partial charge in [-0.15, -0.1) is 0 Å². The van der Waals surface area contributed by atoms with E-state index in [4.69, 9.17) is 0 Å². The summed E-state index contributed by atoms with van der Waals surface area (Å²) in [5.41, 5.74) is 0. The molecule has 0 aromatic carbocycles. The van der Waals surface area contributed by atoms with Crippen LogP contribution >= 0.6 is 0 Å². The molecule has 0 aromatic heterocycles. The van der Waals surface area contributed by atoms with Gasteiger partial charge in [0.1, 0.15) is 0 Å². The summed E-state index contributed by atoms with van der Waals surface area (Å²) in [6.45, 7) is 5.91. The molecule has 24 heavy (non-hydrogen) atoms. The molecule has 0 aliphatic rings. The van der Waals surface area contributed by atoms with Crippen molar-refractivity contribution in [2.75, 3.05) is 20.6 Å². The Labute approximate surface area is 154 Å². The summed E-state index contributed by atoms with van der Waals surface area (Å²) in [6, 6.07) is 0. The first-order valence-corrected chi connectivity index (χ1v) is 11.0. The van der Waals surface area contributed by atoms with Crippen LogP contribution in [0.3, 0.4) is 0 Å². The number of allylic oxidation sites excluding steroid dienone is 2. The quantitative estimate of drug-likeness (QED) is 0.184. The van der Waals surface area contributed by atoms with Crippen LogP contribution in [0.25, 0.3) is 0 Å². The normalized spacial score (nSPS) is 13.2. The van der Waals surface area contributed by atoms with Gasteiger partial charge in [-0.1, -0.05) is 90.2 Å². The Balaban J connectivity index is 3.15. The predicted molar refractivity (Wildman–Crippen MR) is 112 cm³/mol. The summed E-state index contributed by atoms with van der Waals surface area (Å²) < 4.78 is 0. The van der Waals surface area contributed by atoms with Gasteiger partial charge in [0, 0.05) is 6.54 Å². The molecule has 0 aromatic rings. The molecule has 0 rings (SSSR count). The van der Waals surface area contributed by atoms with Crippen LogP contribution in [0.1, 0.15) is 110 Å². The molecule has 1 unspecified atom stereocenters. The number of rotatable bonds is 18. The molecule has 144 valence electrons. The highest BCUT2D eigenvalue weighted by Crippen LogP contribution is 2.13. The minimum Gasteiger partial charge on any atom is -0.309 e.